The Bertz CT molecular complexity index is 212. The van der Waals surface area contributed by atoms with E-state index < -0.39 is 4.92 Å². The smallest absolute Gasteiger partial charge is 0.258 e. The number of nitro groups is 1. The van der Waals surface area contributed by atoms with Crippen LogP contribution in [0.2, 0.25) is 0 Å². The standard InChI is InChI=1S/C6H5NO2.V/c8-7(9)6-4-2-1-3-5-6;/h1-5H;. The van der Waals surface area contributed by atoms with Crippen LogP contribution < -0.4 is 0 Å². The van der Waals surface area contributed by atoms with E-state index in [1.54, 1.807) is 18.2 Å². The molecule has 0 aliphatic heterocycles. The third-order valence-corrected chi connectivity index (χ3v) is 0.967. The van der Waals surface area contributed by atoms with Gasteiger partial charge in [-0.2, -0.15) is 0 Å². The number of hydrogen-bond acceptors (Lipinski definition) is 2. The van der Waals surface area contributed by atoms with Gasteiger partial charge in [0.2, 0.25) is 0 Å². The van der Waals surface area contributed by atoms with Crippen molar-refractivity contribution in [1.82, 2.24) is 0 Å². The van der Waals surface area contributed by atoms with Gasteiger partial charge in [-0.1, -0.05) is 18.2 Å². The second-order valence-electron chi connectivity index (χ2n) is 1.59. The summed E-state index contributed by atoms with van der Waals surface area (Å²) in [6.45, 7) is 0. The summed E-state index contributed by atoms with van der Waals surface area (Å²) in [5.41, 5.74) is 0.137. The molecule has 0 aliphatic carbocycles. The second kappa shape index (κ2) is 4.09. The van der Waals surface area contributed by atoms with E-state index in [1.807, 2.05) is 0 Å². The number of non-ortho nitro benzene ring substituents is 1. The first-order valence-corrected chi connectivity index (χ1v) is 2.50. The molecule has 0 heterocycles. The zero-order valence-electron chi connectivity index (χ0n) is 5.10. The van der Waals surface area contributed by atoms with Crippen LogP contribution in [0.4, 0.5) is 5.69 Å². The van der Waals surface area contributed by atoms with Crippen LogP contribution in [-0.2, 0) is 18.6 Å². The molecule has 1 rings (SSSR count). The van der Waals surface area contributed by atoms with Gasteiger partial charge in [0.05, 0.1) is 4.92 Å². The summed E-state index contributed by atoms with van der Waals surface area (Å²) >= 11 is 0. The molecule has 1 radical (unpaired) electrons. The molecule has 0 bridgehead atoms. The fourth-order valence-electron chi connectivity index (χ4n) is 0.550. The molecule has 0 unspecified atom stereocenters. The maximum absolute atomic E-state index is 10.0. The number of rotatable bonds is 1. The fraction of sp³-hybridized carbons (Fsp3) is 0. The van der Waals surface area contributed by atoms with Crippen LogP contribution in [0.15, 0.2) is 30.3 Å². The normalized spacial score (nSPS) is 8.00. The summed E-state index contributed by atoms with van der Waals surface area (Å²) < 4.78 is 0. The molecule has 1 aromatic carbocycles. The summed E-state index contributed by atoms with van der Waals surface area (Å²) in [6, 6.07) is 7.93. The van der Waals surface area contributed by atoms with Crippen molar-refractivity contribution in [3.63, 3.8) is 0 Å². The van der Waals surface area contributed by atoms with Gasteiger partial charge in [-0.05, 0) is 0 Å². The number of nitro benzene ring substituents is 1. The van der Waals surface area contributed by atoms with Gasteiger partial charge in [0.25, 0.3) is 5.69 Å². The van der Waals surface area contributed by atoms with Gasteiger partial charge in [-0.3, -0.25) is 10.1 Å². The number of para-hydroxylation sites is 1. The second-order valence-corrected chi connectivity index (χ2v) is 1.59. The van der Waals surface area contributed by atoms with Gasteiger partial charge in [-0.25, -0.2) is 0 Å². The molecule has 51 valence electrons. The minimum Gasteiger partial charge on any atom is -0.258 e. The molecular formula is C6H5NO2V. The number of benzene rings is 1. The Morgan fingerprint density at radius 1 is 1.20 bits per heavy atom. The van der Waals surface area contributed by atoms with Crippen molar-refractivity contribution in [1.29, 1.82) is 0 Å². The fourth-order valence-corrected chi connectivity index (χ4v) is 0.550. The van der Waals surface area contributed by atoms with Crippen molar-refractivity contribution in [3.8, 4) is 0 Å². The van der Waals surface area contributed by atoms with Crippen LogP contribution in [0.25, 0.3) is 0 Å². The van der Waals surface area contributed by atoms with E-state index in [4.69, 9.17) is 0 Å². The predicted octanol–water partition coefficient (Wildman–Crippen LogP) is 1.59. The summed E-state index contributed by atoms with van der Waals surface area (Å²) in [7, 11) is 0. The average Bonchev–Trinajstić information content (AvgIpc) is 1.90. The van der Waals surface area contributed by atoms with Gasteiger partial charge in [-0.15, -0.1) is 0 Å². The SMILES string of the molecule is O=[N+]([O-])c1ccccc1.[V]. The van der Waals surface area contributed by atoms with Gasteiger partial charge < -0.3 is 0 Å². The Morgan fingerprint density at radius 2 is 1.70 bits per heavy atom. The molecule has 3 nitrogen and oxygen atoms in total. The van der Waals surface area contributed by atoms with Gasteiger partial charge in [0, 0.05) is 30.7 Å². The monoisotopic (exact) mass is 174 g/mol. The molecule has 0 saturated heterocycles. The van der Waals surface area contributed by atoms with E-state index >= 15 is 0 Å². The zero-order chi connectivity index (χ0) is 6.69. The Balaban J connectivity index is 0.000000810. The van der Waals surface area contributed by atoms with Crippen molar-refractivity contribution >= 4 is 5.69 Å². The molecule has 0 aromatic heterocycles. The van der Waals surface area contributed by atoms with Crippen LogP contribution in [0.5, 0.6) is 0 Å². The van der Waals surface area contributed by atoms with Crippen LogP contribution in [0.1, 0.15) is 0 Å². The summed E-state index contributed by atoms with van der Waals surface area (Å²) in [5.74, 6) is 0. The quantitative estimate of drug-likeness (QED) is 0.479. The minimum atomic E-state index is -0.417. The molecule has 1 aromatic rings. The van der Waals surface area contributed by atoms with Gasteiger partial charge >= 0.3 is 0 Å². The topological polar surface area (TPSA) is 43.1 Å². The predicted molar refractivity (Wildman–Crippen MR) is 33.1 cm³/mol. The van der Waals surface area contributed by atoms with Crippen molar-refractivity contribution < 1.29 is 23.5 Å². The largest absolute Gasteiger partial charge is 0.269 e. The molecule has 0 N–H and O–H groups in total. The van der Waals surface area contributed by atoms with E-state index in [-0.39, 0.29) is 24.2 Å². The molecular weight excluding hydrogens is 169 g/mol. The summed E-state index contributed by atoms with van der Waals surface area (Å²) in [5, 5.41) is 10.0. The van der Waals surface area contributed by atoms with E-state index in [0.717, 1.165) is 0 Å². The molecule has 0 amide bonds. The molecule has 0 saturated carbocycles. The van der Waals surface area contributed by atoms with Crippen LogP contribution in [0, 0.1) is 10.1 Å². The summed E-state index contributed by atoms with van der Waals surface area (Å²) in [6.07, 6.45) is 0. The third-order valence-electron chi connectivity index (χ3n) is 0.967. The Hall–Kier alpha value is -0.796. The molecule has 0 atom stereocenters. The van der Waals surface area contributed by atoms with Crippen LogP contribution in [0.3, 0.4) is 0 Å². The Morgan fingerprint density at radius 3 is 2.00 bits per heavy atom. The van der Waals surface area contributed by atoms with Crippen LogP contribution in [-0.4, -0.2) is 4.92 Å². The zero-order valence-corrected chi connectivity index (χ0v) is 6.49. The molecule has 4 heteroatoms. The number of hydrogen-bond donors (Lipinski definition) is 0. The van der Waals surface area contributed by atoms with E-state index in [0.29, 0.717) is 0 Å². The maximum Gasteiger partial charge on any atom is 0.269 e. The molecule has 0 spiro atoms. The Kier molecular flexibility index (Phi) is 3.76. The first kappa shape index (κ1) is 9.20. The summed E-state index contributed by atoms with van der Waals surface area (Å²) in [4.78, 5) is 9.59. The first-order chi connectivity index (χ1) is 4.30. The van der Waals surface area contributed by atoms with Crippen molar-refractivity contribution in [2.45, 2.75) is 0 Å². The van der Waals surface area contributed by atoms with E-state index in [1.165, 1.54) is 12.1 Å². The molecule has 10 heavy (non-hydrogen) atoms. The maximum atomic E-state index is 10.0. The minimum absolute atomic E-state index is 0. The molecule has 0 aliphatic rings. The van der Waals surface area contributed by atoms with E-state index in [2.05, 4.69) is 0 Å². The molecule has 0 fully saturated rings. The van der Waals surface area contributed by atoms with E-state index in [9.17, 15) is 10.1 Å². The van der Waals surface area contributed by atoms with Crippen molar-refractivity contribution in [2.24, 2.45) is 0 Å². The Labute approximate surface area is 70.1 Å². The van der Waals surface area contributed by atoms with Crippen LogP contribution >= 0.6 is 0 Å². The van der Waals surface area contributed by atoms with Crippen molar-refractivity contribution in [3.05, 3.63) is 40.4 Å². The first-order valence-electron chi connectivity index (χ1n) is 2.50. The van der Waals surface area contributed by atoms with Crippen molar-refractivity contribution in [2.75, 3.05) is 0 Å². The third kappa shape index (κ3) is 2.21. The van der Waals surface area contributed by atoms with Gasteiger partial charge in [0.15, 0.2) is 0 Å². The average molecular weight is 174 g/mol. The van der Waals surface area contributed by atoms with Gasteiger partial charge in [0.1, 0.15) is 0 Å². The number of nitrogens with zero attached hydrogens (tertiary/aromatic N) is 1.